The van der Waals surface area contributed by atoms with Gasteiger partial charge in [0, 0.05) is 6.92 Å². The lowest BCUT2D eigenvalue weighted by atomic mass is 9.67. The van der Waals surface area contributed by atoms with Crippen molar-refractivity contribution < 1.29 is 14.3 Å². The minimum absolute atomic E-state index is 0.116. The van der Waals surface area contributed by atoms with E-state index in [0.29, 0.717) is 5.92 Å². The molecule has 1 aromatic rings. The Kier molecular flexibility index (Phi) is 4.92. The van der Waals surface area contributed by atoms with Crippen LogP contribution in [0, 0.1) is 5.92 Å². The van der Waals surface area contributed by atoms with Gasteiger partial charge in [0.2, 0.25) is 0 Å². The molecular formula is C18H26O3. The molecule has 0 amide bonds. The first-order chi connectivity index (χ1) is 9.93. The molecule has 116 valence electrons. The second-order valence-corrected chi connectivity index (χ2v) is 6.53. The van der Waals surface area contributed by atoms with Crippen molar-refractivity contribution in [3.05, 3.63) is 29.8 Å². The molecule has 1 aliphatic carbocycles. The Hall–Kier alpha value is -1.51. The fourth-order valence-electron chi connectivity index (χ4n) is 3.39. The summed E-state index contributed by atoms with van der Waals surface area (Å²) >= 11 is 0. The first-order valence-electron chi connectivity index (χ1n) is 7.75. The summed E-state index contributed by atoms with van der Waals surface area (Å²) in [5, 5.41) is 0. The molecule has 1 saturated carbocycles. The van der Waals surface area contributed by atoms with Gasteiger partial charge < -0.3 is 9.47 Å². The quantitative estimate of drug-likeness (QED) is 0.783. The van der Waals surface area contributed by atoms with Crippen LogP contribution in [0.1, 0.15) is 52.0 Å². The van der Waals surface area contributed by atoms with Gasteiger partial charge in [0.05, 0.1) is 7.11 Å². The third-order valence-corrected chi connectivity index (χ3v) is 4.86. The average molecular weight is 290 g/mol. The van der Waals surface area contributed by atoms with Crippen molar-refractivity contribution in [3.63, 3.8) is 0 Å². The Morgan fingerprint density at radius 2 is 1.67 bits per heavy atom. The van der Waals surface area contributed by atoms with Crippen LogP contribution in [0.2, 0.25) is 0 Å². The van der Waals surface area contributed by atoms with Crippen LogP contribution in [-0.2, 0) is 14.9 Å². The Bertz CT molecular complexity index is 468. The summed E-state index contributed by atoms with van der Waals surface area (Å²) in [7, 11) is 1.69. The smallest absolute Gasteiger partial charge is 0.302 e. The van der Waals surface area contributed by atoms with Crippen molar-refractivity contribution >= 4 is 5.97 Å². The number of carbonyl (C=O) groups is 1. The van der Waals surface area contributed by atoms with Crippen molar-refractivity contribution in [2.45, 2.75) is 58.0 Å². The zero-order valence-corrected chi connectivity index (χ0v) is 13.5. The first kappa shape index (κ1) is 15.9. The van der Waals surface area contributed by atoms with E-state index in [1.54, 1.807) is 7.11 Å². The fraction of sp³-hybridized carbons (Fsp3) is 0.611. The van der Waals surface area contributed by atoms with E-state index in [1.165, 1.54) is 12.5 Å². The zero-order chi connectivity index (χ0) is 15.5. The van der Waals surface area contributed by atoms with Crippen LogP contribution in [0.4, 0.5) is 0 Å². The summed E-state index contributed by atoms with van der Waals surface area (Å²) in [5.41, 5.74) is 1.48. The van der Waals surface area contributed by atoms with E-state index in [0.717, 1.165) is 31.4 Å². The van der Waals surface area contributed by atoms with Gasteiger partial charge in [0.1, 0.15) is 11.9 Å². The Morgan fingerprint density at radius 1 is 1.10 bits per heavy atom. The SMILES string of the molecule is COc1ccc(C(C)(C)C2CCC(OC(C)=O)CC2)cc1. The highest BCUT2D eigenvalue weighted by Gasteiger charge is 2.35. The van der Waals surface area contributed by atoms with E-state index >= 15 is 0 Å². The summed E-state index contributed by atoms with van der Waals surface area (Å²) in [6.45, 7) is 6.12. The number of rotatable bonds is 4. The number of benzene rings is 1. The lowest BCUT2D eigenvalue weighted by Gasteiger charge is -2.39. The first-order valence-corrected chi connectivity index (χ1v) is 7.75. The second kappa shape index (κ2) is 6.50. The molecule has 3 heteroatoms. The van der Waals surface area contributed by atoms with Crippen LogP contribution in [0.25, 0.3) is 0 Å². The molecule has 0 radical (unpaired) electrons. The van der Waals surface area contributed by atoms with Crippen molar-refractivity contribution in [2.75, 3.05) is 7.11 Å². The van der Waals surface area contributed by atoms with Gasteiger partial charge in [-0.1, -0.05) is 26.0 Å². The number of esters is 1. The number of hydrogen-bond acceptors (Lipinski definition) is 3. The molecule has 0 N–H and O–H groups in total. The molecule has 21 heavy (non-hydrogen) atoms. The lowest BCUT2D eigenvalue weighted by Crippen LogP contribution is -2.34. The molecule has 0 heterocycles. The van der Waals surface area contributed by atoms with Crippen LogP contribution in [0.3, 0.4) is 0 Å². The highest BCUT2D eigenvalue weighted by Crippen LogP contribution is 2.41. The van der Waals surface area contributed by atoms with Crippen LogP contribution < -0.4 is 4.74 Å². The maximum atomic E-state index is 11.0. The third-order valence-electron chi connectivity index (χ3n) is 4.86. The standard InChI is InChI=1S/C18H26O3/c1-13(19)21-17-11-7-15(8-12-17)18(2,3)14-5-9-16(20-4)10-6-14/h5-6,9-10,15,17H,7-8,11-12H2,1-4H3. The molecule has 3 nitrogen and oxygen atoms in total. The molecule has 1 aromatic carbocycles. The molecular weight excluding hydrogens is 264 g/mol. The number of hydrogen-bond donors (Lipinski definition) is 0. The summed E-state index contributed by atoms with van der Waals surface area (Å²) in [4.78, 5) is 11.0. The molecule has 0 aliphatic heterocycles. The van der Waals surface area contributed by atoms with Crippen LogP contribution in [0.15, 0.2) is 24.3 Å². The van der Waals surface area contributed by atoms with E-state index in [4.69, 9.17) is 9.47 Å². The summed E-state index contributed by atoms with van der Waals surface area (Å²) in [6, 6.07) is 8.39. The van der Waals surface area contributed by atoms with Crippen molar-refractivity contribution in [1.29, 1.82) is 0 Å². The van der Waals surface area contributed by atoms with Crippen molar-refractivity contribution in [2.24, 2.45) is 5.92 Å². The highest BCUT2D eigenvalue weighted by atomic mass is 16.5. The minimum Gasteiger partial charge on any atom is -0.497 e. The maximum Gasteiger partial charge on any atom is 0.302 e. The largest absolute Gasteiger partial charge is 0.497 e. The predicted molar refractivity (Wildman–Crippen MR) is 83.5 cm³/mol. The predicted octanol–water partition coefficient (Wildman–Crippen LogP) is 4.09. The molecule has 0 aromatic heterocycles. The Morgan fingerprint density at radius 3 is 2.14 bits per heavy atom. The third kappa shape index (κ3) is 3.78. The average Bonchev–Trinajstić information content (AvgIpc) is 2.47. The van der Waals surface area contributed by atoms with E-state index in [1.807, 2.05) is 12.1 Å². The zero-order valence-electron chi connectivity index (χ0n) is 13.5. The van der Waals surface area contributed by atoms with E-state index in [-0.39, 0.29) is 17.5 Å². The maximum absolute atomic E-state index is 11.0. The van der Waals surface area contributed by atoms with Crippen molar-refractivity contribution in [3.8, 4) is 5.75 Å². The van der Waals surface area contributed by atoms with Gasteiger partial charge in [-0.15, -0.1) is 0 Å². The van der Waals surface area contributed by atoms with Gasteiger partial charge in [-0.25, -0.2) is 0 Å². The summed E-state index contributed by atoms with van der Waals surface area (Å²) in [6.07, 6.45) is 4.28. The number of methoxy groups -OCH3 is 1. The molecule has 0 atom stereocenters. The molecule has 1 fully saturated rings. The van der Waals surface area contributed by atoms with Gasteiger partial charge in [0.15, 0.2) is 0 Å². The molecule has 0 bridgehead atoms. The summed E-state index contributed by atoms with van der Waals surface area (Å²) < 4.78 is 10.6. The van der Waals surface area contributed by atoms with Gasteiger partial charge in [-0.3, -0.25) is 4.79 Å². The molecule has 0 spiro atoms. The summed E-state index contributed by atoms with van der Waals surface area (Å²) in [5.74, 6) is 1.36. The highest BCUT2D eigenvalue weighted by molar-refractivity contribution is 5.66. The van der Waals surface area contributed by atoms with E-state index < -0.39 is 0 Å². The minimum atomic E-state index is -0.159. The molecule has 1 aliphatic rings. The van der Waals surface area contributed by atoms with Gasteiger partial charge in [0.25, 0.3) is 0 Å². The Balaban J connectivity index is 2.01. The monoisotopic (exact) mass is 290 g/mol. The number of carbonyl (C=O) groups excluding carboxylic acids is 1. The van der Waals surface area contributed by atoms with Gasteiger partial charge >= 0.3 is 5.97 Å². The normalized spacial score (nSPS) is 22.7. The van der Waals surface area contributed by atoms with Crippen LogP contribution >= 0.6 is 0 Å². The Labute approximate surface area is 127 Å². The fourth-order valence-corrected chi connectivity index (χ4v) is 3.39. The lowest BCUT2D eigenvalue weighted by molar-refractivity contribution is -0.148. The number of ether oxygens (including phenoxy) is 2. The van der Waals surface area contributed by atoms with E-state index in [2.05, 4.69) is 26.0 Å². The van der Waals surface area contributed by atoms with Gasteiger partial charge in [-0.2, -0.15) is 0 Å². The van der Waals surface area contributed by atoms with Crippen LogP contribution in [-0.4, -0.2) is 19.2 Å². The van der Waals surface area contributed by atoms with Crippen molar-refractivity contribution in [1.82, 2.24) is 0 Å². The topological polar surface area (TPSA) is 35.5 Å². The molecule has 2 rings (SSSR count). The van der Waals surface area contributed by atoms with E-state index in [9.17, 15) is 4.79 Å². The molecule has 0 unspecified atom stereocenters. The molecule has 0 saturated heterocycles. The van der Waals surface area contributed by atoms with Gasteiger partial charge in [-0.05, 0) is 54.7 Å². The van der Waals surface area contributed by atoms with Crippen LogP contribution in [0.5, 0.6) is 5.75 Å². The second-order valence-electron chi connectivity index (χ2n) is 6.53.